The van der Waals surface area contributed by atoms with Crippen molar-refractivity contribution in [3.05, 3.63) is 29.8 Å². The Bertz CT molecular complexity index is 515. The van der Waals surface area contributed by atoms with Gasteiger partial charge in [0.2, 0.25) is 5.91 Å². The van der Waals surface area contributed by atoms with Crippen LogP contribution in [0.2, 0.25) is 0 Å². The van der Waals surface area contributed by atoms with Crippen molar-refractivity contribution in [3.63, 3.8) is 0 Å². The molecule has 0 heterocycles. The van der Waals surface area contributed by atoms with Crippen LogP contribution in [0.15, 0.2) is 24.3 Å². The third-order valence-corrected chi connectivity index (χ3v) is 4.00. The third kappa shape index (κ3) is 2.80. The highest BCUT2D eigenvalue weighted by atomic mass is 19.4. The van der Waals surface area contributed by atoms with Crippen LogP contribution in [0.3, 0.4) is 0 Å². The Morgan fingerprint density at radius 2 is 2.15 bits per heavy atom. The Balaban J connectivity index is 2.16. The SMILES string of the molecule is CC1(C(=O)Nc2cccc(C(F)(F)F)c2)CCCC1N. The first kappa shape index (κ1) is 14.8. The highest BCUT2D eigenvalue weighted by molar-refractivity contribution is 5.95. The predicted molar refractivity (Wildman–Crippen MR) is 70.0 cm³/mol. The Labute approximate surface area is 115 Å². The van der Waals surface area contributed by atoms with Gasteiger partial charge in [0.1, 0.15) is 0 Å². The van der Waals surface area contributed by atoms with E-state index in [0.717, 1.165) is 25.0 Å². The number of amides is 1. The van der Waals surface area contributed by atoms with Crippen molar-refractivity contribution in [2.24, 2.45) is 11.1 Å². The Hall–Kier alpha value is -1.56. The van der Waals surface area contributed by atoms with Crippen LogP contribution in [-0.4, -0.2) is 11.9 Å². The Morgan fingerprint density at radius 1 is 1.45 bits per heavy atom. The fourth-order valence-electron chi connectivity index (χ4n) is 2.52. The number of carbonyl (C=O) groups excluding carboxylic acids is 1. The van der Waals surface area contributed by atoms with Crippen LogP contribution < -0.4 is 11.1 Å². The molecule has 1 amide bonds. The summed E-state index contributed by atoms with van der Waals surface area (Å²) in [7, 11) is 0. The predicted octanol–water partition coefficient (Wildman–Crippen LogP) is 3.16. The smallest absolute Gasteiger partial charge is 0.327 e. The monoisotopic (exact) mass is 286 g/mol. The maximum Gasteiger partial charge on any atom is 0.416 e. The highest BCUT2D eigenvalue weighted by Gasteiger charge is 2.43. The zero-order valence-corrected chi connectivity index (χ0v) is 11.1. The number of alkyl halides is 3. The lowest BCUT2D eigenvalue weighted by Crippen LogP contribution is -2.44. The minimum Gasteiger partial charge on any atom is -0.327 e. The molecule has 110 valence electrons. The quantitative estimate of drug-likeness (QED) is 0.877. The molecule has 1 fully saturated rings. The maximum absolute atomic E-state index is 12.6. The molecule has 1 aromatic carbocycles. The van der Waals surface area contributed by atoms with Crippen LogP contribution in [0.5, 0.6) is 0 Å². The van der Waals surface area contributed by atoms with Crippen LogP contribution in [0.1, 0.15) is 31.7 Å². The van der Waals surface area contributed by atoms with Crippen molar-refractivity contribution in [3.8, 4) is 0 Å². The third-order valence-electron chi connectivity index (χ3n) is 4.00. The first-order valence-corrected chi connectivity index (χ1v) is 6.48. The van der Waals surface area contributed by atoms with Crippen molar-refractivity contribution in [2.75, 3.05) is 5.32 Å². The lowest BCUT2D eigenvalue weighted by molar-refractivity contribution is -0.137. The van der Waals surface area contributed by atoms with Gasteiger partial charge in [-0.2, -0.15) is 13.2 Å². The average molecular weight is 286 g/mol. The van der Waals surface area contributed by atoms with Crippen LogP contribution in [0.25, 0.3) is 0 Å². The second kappa shape index (κ2) is 5.09. The molecule has 1 aliphatic carbocycles. The summed E-state index contributed by atoms with van der Waals surface area (Å²) < 4.78 is 37.8. The highest BCUT2D eigenvalue weighted by Crippen LogP contribution is 2.38. The first-order valence-electron chi connectivity index (χ1n) is 6.48. The molecule has 3 N–H and O–H groups in total. The van der Waals surface area contributed by atoms with E-state index in [-0.39, 0.29) is 17.6 Å². The van der Waals surface area contributed by atoms with E-state index in [0.29, 0.717) is 6.42 Å². The Morgan fingerprint density at radius 3 is 2.70 bits per heavy atom. The molecule has 2 atom stereocenters. The number of hydrogen-bond donors (Lipinski definition) is 2. The van der Waals surface area contributed by atoms with Gasteiger partial charge in [-0.15, -0.1) is 0 Å². The molecule has 1 aromatic rings. The molecule has 1 saturated carbocycles. The van der Waals surface area contributed by atoms with Crippen LogP contribution in [0.4, 0.5) is 18.9 Å². The second-order valence-corrected chi connectivity index (χ2v) is 5.45. The van der Waals surface area contributed by atoms with Gasteiger partial charge in [0, 0.05) is 11.7 Å². The van der Waals surface area contributed by atoms with Crippen LogP contribution in [-0.2, 0) is 11.0 Å². The summed E-state index contributed by atoms with van der Waals surface area (Å²) in [6.07, 6.45) is -2.16. The van der Waals surface area contributed by atoms with E-state index in [4.69, 9.17) is 5.73 Å². The average Bonchev–Trinajstić information content (AvgIpc) is 2.70. The topological polar surface area (TPSA) is 55.1 Å². The summed E-state index contributed by atoms with van der Waals surface area (Å²) in [6, 6.07) is 4.36. The number of rotatable bonds is 2. The summed E-state index contributed by atoms with van der Waals surface area (Å²) in [5.41, 5.74) is 4.57. The van der Waals surface area contributed by atoms with Crippen molar-refractivity contribution < 1.29 is 18.0 Å². The minimum absolute atomic E-state index is 0.144. The molecule has 0 radical (unpaired) electrons. The molecule has 6 heteroatoms. The van der Waals surface area contributed by atoms with Gasteiger partial charge in [-0.25, -0.2) is 0 Å². The van der Waals surface area contributed by atoms with E-state index in [1.165, 1.54) is 12.1 Å². The number of anilines is 1. The molecule has 2 unspecified atom stereocenters. The summed E-state index contributed by atoms with van der Waals surface area (Å²) in [5, 5.41) is 2.55. The number of hydrogen-bond acceptors (Lipinski definition) is 2. The first-order chi connectivity index (χ1) is 9.23. The summed E-state index contributed by atoms with van der Waals surface area (Å²) >= 11 is 0. The summed E-state index contributed by atoms with van der Waals surface area (Å²) in [4.78, 5) is 12.2. The van der Waals surface area contributed by atoms with Crippen molar-refractivity contribution in [1.29, 1.82) is 0 Å². The lowest BCUT2D eigenvalue weighted by atomic mass is 9.84. The maximum atomic E-state index is 12.6. The number of nitrogens with two attached hydrogens (primary N) is 1. The fraction of sp³-hybridized carbons (Fsp3) is 0.500. The van der Waals surface area contributed by atoms with Crippen LogP contribution in [0, 0.1) is 5.41 Å². The standard InChI is InChI=1S/C14H17F3N2O/c1-13(7-3-6-11(13)18)12(20)19-10-5-2-4-9(8-10)14(15,16)17/h2,4-5,8,11H,3,6-7,18H2,1H3,(H,19,20). The summed E-state index contributed by atoms with van der Waals surface area (Å²) in [6.45, 7) is 1.76. The van der Waals surface area contributed by atoms with Gasteiger partial charge in [0.15, 0.2) is 0 Å². The Kier molecular flexibility index (Phi) is 3.77. The molecule has 0 saturated heterocycles. The molecule has 0 aromatic heterocycles. The van der Waals surface area contributed by atoms with E-state index in [2.05, 4.69) is 5.32 Å². The van der Waals surface area contributed by atoms with Crippen molar-refractivity contribution >= 4 is 11.6 Å². The molecular formula is C14H17F3N2O. The summed E-state index contributed by atoms with van der Waals surface area (Å²) in [5.74, 6) is -0.318. The number of carbonyl (C=O) groups is 1. The van der Waals surface area contributed by atoms with Gasteiger partial charge < -0.3 is 11.1 Å². The van der Waals surface area contributed by atoms with E-state index in [1.807, 2.05) is 0 Å². The molecule has 1 aliphatic rings. The van der Waals surface area contributed by atoms with E-state index < -0.39 is 17.2 Å². The lowest BCUT2D eigenvalue weighted by Gasteiger charge is -2.27. The zero-order valence-electron chi connectivity index (χ0n) is 11.1. The number of halogens is 3. The van der Waals surface area contributed by atoms with Crippen molar-refractivity contribution in [1.82, 2.24) is 0 Å². The number of nitrogens with one attached hydrogen (secondary N) is 1. The molecule has 20 heavy (non-hydrogen) atoms. The van der Waals surface area contributed by atoms with Crippen molar-refractivity contribution in [2.45, 2.75) is 38.4 Å². The van der Waals surface area contributed by atoms with Gasteiger partial charge >= 0.3 is 6.18 Å². The molecule has 0 aliphatic heterocycles. The zero-order chi connectivity index (χ0) is 15.0. The molecular weight excluding hydrogens is 269 g/mol. The van der Waals surface area contributed by atoms with E-state index in [9.17, 15) is 18.0 Å². The van der Waals surface area contributed by atoms with Gasteiger partial charge in [0.05, 0.1) is 11.0 Å². The van der Waals surface area contributed by atoms with Gasteiger partial charge in [-0.05, 0) is 38.0 Å². The molecule has 2 rings (SSSR count). The molecule has 0 bridgehead atoms. The fourth-order valence-corrected chi connectivity index (χ4v) is 2.52. The normalized spacial score (nSPS) is 26.6. The largest absolute Gasteiger partial charge is 0.416 e. The minimum atomic E-state index is -4.42. The number of benzene rings is 1. The van der Waals surface area contributed by atoms with Gasteiger partial charge in [-0.3, -0.25) is 4.79 Å². The van der Waals surface area contributed by atoms with E-state index in [1.54, 1.807) is 6.92 Å². The van der Waals surface area contributed by atoms with Crippen LogP contribution >= 0.6 is 0 Å². The van der Waals surface area contributed by atoms with E-state index >= 15 is 0 Å². The molecule has 3 nitrogen and oxygen atoms in total. The van der Waals surface area contributed by atoms with Gasteiger partial charge in [-0.1, -0.05) is 12.5 Å². The second-order valence-electron chi connectivity index (χ2n) is 5.45. The molecule has 0 spiro atoms. The van der Waals surface area contributed by atoms with Gasteiger partial charge in [0.25, 0.3) is 0 Å².